The highest BCUT2D eigenvalue weighted by Gasteiger charge is 2.29. The number of benzene rings is 2. The molecule has 0 radical (unpaired) electrons. The molecular formula is C28H26N4O3S. The number of carbonyl (C=O) groups excluding carboxylic acids is 1. The van der Waals surface area contributed by atoms with Gasteiger partial charge in [0.25, 0.3) is 0 Å². The summed E-state index contributed by atoms with van der Waals surface area (Å²) >= 11 is 1.42. The lowest BCUT2D eigenvalue weighted by Crippen LogP contribution is -2.31. The number of fused-ring (bicyclic) bond motifs is 2. The molecule has 2 aromatic heterocycles. The minimum atomic E-state index is -0.957. The van der Waals surface area contributed by atoms with Gasteiger partial charge in [-0.25, -0.2) is 14.8 Å². The molecule has 0 fully saturated rings. The van der Waals surface area contributed by atoms with E-state index in [4.69, 9.17) is 4.98 Å². The van der Waals surface area contributed by atoms with Gasteiger partial charge in [0.05, 0.1) is 22.5 Å². The first-order chi connectivity index (χ1) is 17.4. The zero-order valence-electron chi connectivity index (χ0n) is 20.1. The van der Waals surface area contributed by atoms with Crippen LogP contribution >= 0.6 is 11.3 Å². The Kier molecular flexibility index (Phi) is 6.63. The SMILES string of the molecule is CCN(C(C)=O)c1nc(C=C2CN(Cc3ccccc3)Cc3c2nc2ccccc2c3C(=O)O)cs1. The van der Waals surface area contributed by atoms with E-state index in [-0.39, 0.29) is 5.91 Å². The number of carboxylic acids is 1. The maximum atomic E-state index is 12.5. The Bertz CT molecular complexity index is 1480. The van der Waals surface area contributed by atoms with Crippen LogP contribution in [0.4, 0.5) is 5.13 Å². The molecule has 0 spiro atoms. The van der Waals surface area contributed by atoms with E-state index in [1.807, 2.05) is 60.8 Å². The highest BCUT2D eigenvalue weighted by Crippen LogP contribution is 2.35. The number of amides is 1. The summed E-state index contributed by atoms with van der Waals surface area (Å²) in [7, 11) is 0. The van der Waals surface area contributed by atoms with Gasteiger partial charge in [-0.3, -0.25) is 14.6 Å². The second-order valence-corrected chi connectivity index (χ2v) is 9.59. The van der Waals surface area contributed by atoms with Crippen LogP contribution in [0.1, 0.15) is 46.7 Å². The molecule has 0 saturated carbocycles. The summed E-state index contributed by atoms with van der Waals surface area (Å²) in [4.78, 5) is 37.9. The molecule has 8 heteroatoms. The number of nitrogens with zero attached hydrogens (tertiary/aromatic N) is 4. The first kappa shape index (κ1) is 23.8. The van der Waals surface area contributed by atoms with Crippen molar-refractivity contribution in [1.82, 2.24) is 14.9 Å². The standard InChI is InChI=1S/C28H26N4O3S/c1-3-32(18(2)33)28-29-21(17-36-28)13-20-15-31(14-19-9-5-4-6-10-19)16-23-25(27(34)35)22-11-7-8-12-24(22)30-26(20)23/h4-13,17H,3,14-16H2,1-2H3,(H,34,35). The molecule has 0 aliphatic carbocycles. The number of anilines is 1. The minimum absolute atomic E-state index is 0.0534. The van der Waals surface area contributed by atoms with Gasteiger partial charge in [0.15, 0.2) is 5.13 Å². The number of carboxylic acid groups (broad SMARTS) is 1. The number of rotatable bonds is 6. The van der Waals surface area contributed by atoms with Gasteiger partial charge in [-0.1, -0.05) is 48.5 Å². The smallest absolute Gasteiger partial charge is 0.336 e. The molecule has 36 heavy (non-hydrogen) atoms. The van der Waals surface area contributed by atoms with Crippen LogP contribution in [0.5, 0.6) is 0 Å². The summed E-state index contributed by atoms with van der Waals surface area (Å²) in [6, 6.07) is 17.5. The highest BCUT2D eigenvalue weighted by atomic mass is 32.1. The van der Waals surface area contributed by atoms with Crippen molar-refractivity contribution in [2.45, 2.75) is 26.9 Å². The molecular weight excluding hydrogens is 472 g/mol. The van der Waals surface area contributed by atoms with E-state index >= 15 is 0 Å². The summed E-state index contributed by atoms with van der Waals surface area (Å²) in [5, 5.41) is 13.4. The van der Waals surface area contributed by atoms with Crippen LogP contribution in [0, 0.1) is 0 Å². The molecule has 182 valence electrons. The normalized spacial score (nSPS) is 14.7. The van der Waals surface area contributed by atoms with Gasteiger partial charge < -0.3 is 5.11 Å². The zero-order valence-corrected chi connectivity index (χ0v) is 21.0. The van der Waals surface area contributed by atoms with Crippen LogP contribution in [-0.4, -0.2) is 44.9 Å². The molecule has 7 nitrogen and oxygen atoms in total. The van der Waals surface area contributed by atoms with Gasteiger partial charge in [-0.15, -0.1) is 11.3 Å². The fourth-order valence-electron chi connectivity index (χ4n) is 4.72. The van der Waals surface area contributed by atoms with Crippen molar-refractivity contribution in [3.05, 3.63) is 88.1 Å². The minimum Gasteiger partial charge on any atom is -0.478 e. The van der Waals surface area contributed by atoms with Crippen molar-refractivity contribution in [3.63, 3.8) is 0 Å². The maximum absolute atomic E-state index is 12.5. The number of para-hydroxylation sites is 1. The first-order valence-electron chi connectivity index (χ1n) is 11.8. The number of pyridine rings is 1. The second-order valence-electron chi connectivity index (χ2n) is 8.75. The fourth-order valence-corrected chi connectivity index (χ4v) is 5.61. The van der Waals surface area contributed by atoms with E-state index in [1.165, 1.54) is 18.3 Å². The topological polar surface area (TPSA) is 86.6 Å². The van der Waals surface area contributed by atoms with Crippen molar-refractivity contribution in [2.24, 2.45) is 0 Å². The van der Waals surface area contributed by atoms with Crippen LogP contribution in [0.25, 0.3) is 22.6 Å². The average molecular weight is 499 g/mol. The van der Waals surface area contributed by atoms with Crippen molar-refractivity contribution in [3.8, 4) is 0 Å². The Morgan fingerprint density at radius 2 is 1.83 bits per heavy atom. The summed E-state index contributed by atoms with van der Waals surface area (Å²) in [6.45, 7) is 5.76. The number of aromatic carboxylic acids is 1. The lowest BCUT2D eigenvalue weighted by molar-refractivity contribution is -0.116. The third-order valence-corrected chi connectivity index (χ3v) is 7.18. The predicted octanol–water partition coefficient (Wildman–Crippen LogP) is 5.32. The number of aromatic nitrogens is 2. The first-order valence-corrected chi connectivity index (χ1v) is 12.7. The molecule has 4 aromatic rings. The van der Waals surface area contributed by atoms with Crippen LogP contribution in [0.15, 0.2) is 60.0 Å². The largest absolute Gasteiger partial charge is 0.478 e. The van der Waals surface area contributed by atoms with Gasteiger partial charge in [0, 0.05) is 49.4 Å². The van der Waals surface area contributed by atoms with Crippen LogP contribution in [-0.2, 0) is 17.9 Å². The maximum Gasteiger partial charge on any atom is 0.336 e. The number of carbonyl (C=O) groups is 2. The second kappa shape index (κ2) is 10.0. The summed E-state index contributed by atoms with van der Waals surface area (Å²) < 4.78 is 0. The summed E-state index contributed by atoms with van der Waals surface area (Å²) in [6.07, 6.45) is 1.97. The molecule has 5 rings (SSSR count). The summed E-state index contributed by atoms with van der Waals surface area (Å²) in [5.74, 6) is -1.01. The molecule has 1 N–H and O–H groups in total. The number of hydrogen-bond acceptors (Lipinski definition) is 6. The van der Waals surface area contributed by atoms with E-state index in [9.17, 15) is 14.7 Å². The summed E-state index contributed by atoms with van der Waals surface area (Å²) in [5.41, 5.74) is 5.15. The van der Waals surface area contributed by atoms with E-state index in [0.29, 0.717) is 59.0 Å². The molecule has 1 aliphatic heterocycles. The van der Waals surface area contributed by atoms with Gasteiger partial charge in [0.2, 0.25) is 5.91 Å². The Balaban J connectivity index is 1.63. The average Bonchev–Trinajstić information content (AvgIpc) is 3.31. The van der Waals surface area contributed by atoms with Crippen molar-refractivity contribution < 1.29 is 14.7 Å². The molecule has 1 amide bonds. The van der Waals surface area contributed by atoms with Crippen molar-refractivity contribution in [1.29, 1.82) is 0 Å². The van der Waals surface area contributed by atoms with E-state index in [2.05, 4.69) is 22.0 Å². The lowest BCUT2D eigenvalue weighted by Gasteiger charge is -2.31. The highest BCUT2D eigenvalue weighted by molar-refractivity contribution is 7.14. The molecule has 0 bridgehead atoms. The third-order valence-electron chi connectivity index (χ3n) is 6.30. The third kappa shape index (κ3) is 4.65. The van der Waals surface area contributed by atoms with Crippen molar-refractivity contribution >= 4 is 50.9 Å². The van der Waals surface area contributed by atoms with Gasteiger partial charge >= 0.3 is 5.97 Å². The van der Waals surface area contributed by atoms with Crippen LogP contribution in [0.3, 0.4) is 0 Å². The van der Waals surface area contributed by atoms with Crippen LogP contribution < -0.4 is 4.90 Å². The monoisotopic (exact) mass is 498 g/mol. The quantitative estimate of drug-likeness (QED) is 0.387. The fraction of sp³-hybridized carbons (Fsp3) is 0.214. The Morgan fingerprint density at radius 1 is 1.08 bits per heavy atom. The van der Waals surface area contributed by atoms with E-state index < -0.39 is 5.97 Å². The molecule has 0 unspecified atom stereocenters. The Hall–Kier alpha value is -3.88. The van der Waals surface area contributed by atoms with Gasteiger partial charge in [0.1, 0.15) is 0 Å². The van der Waals surface area contributed by atoms with E-state index in [0.717, 1.165) is 16.8 Å². The predicted molar refractivity (Wildman–Crippen MR) is 143 cm³/mol. The number of thiazole rings is 1. The van der Waals surface area contributed by atoms with Crippen LogP contribution in [0.2, 0.25) is 0 Å². The zero-order chi connectivity index (χ0) is 25.2. The Labute approximate surface area is 213 Å². The number of hydrogen-bond donors (Lipinski definition) is 1. The Morgan fingerprint density at radius 3 is 2.56 bits per heavy atom. The van der Waals surface area contributed by atoms with Crippen molar-refractivity contribution in [2.75, 3.05) is 18.0 Å². The molecule has 2 aromatic carbocycles. The molecule has 0 atom stereocenters. The molecule has 3 heterocycles. The molecule has 0 saturated heterocycles. The van der Waals surface area contributed by atoms with Gasteiger partial charge in [-0.05, 0) is 30.2 Å². The van der Waals surface area contributed by atoms with Gasteiger partial charge in [-0.2, -0.15) is 0 Å². The lowest BCUT2D eigenvalue weighted by atomic mass is 9.92. The van der Waals surface area contributed by atoms with E-state index in [1.54, 1.807) is 4.90 Å². The molecule has 1 aliphatic rings.